The Hall–Kier alpha value is -2.26. The van der Waals surface area contributed by atoms with E-state index in [1.807, 2.05) is 18.2 Å². The molecule has 1 aliphatic carbocycles. The van der Waals surface area contributed by atoms with Crippen molar-refractivity contribution < 1.29 is 9.15 Å². The summed E-state index contributed by atoms with van der Waals surface area (Å²) in [7, 11) is 1.69. The van der Waals surface area contributed by atoms with Gasteiger partial charge in [-0.2, -0.15) is 0 Å². The number of ether oxygens (including phenoxy) is 1. The van der Waals surface area contributed by atoms with Crippen LogP contribution >= 0.6 is 0 Å². The van der Waals surface area contributed by atoms with Gasteiger partial charge in [0, 0.05) is 29.3 Å². The predicted octanol–water partition coefficient (Wildman–Crippen LogP) is 3.85. The molecule has 0 aliphatic heterocycles. The molecule has 1 fully saturated rings. The minimum Gasteiger partial charge on any atom is -0.497 e. The third kappa shape index (κ3) is 2.28. The first-order chi connectivity index (χ1) is 10.8. The van der Waals surface area contributed by atoms with Crippen molar-refractivity contribution in [2.24, 2.45) is 5.73 Å². The molecule has 0 bridgehead atoms. The van der Waals surface area contributed by atoms with Gasteiger partial charge in [0.25, 0.3) is 0 Å². The van der Waals surface area contributed by atoms with Crippen molar-refractivity contribution >= 4 is 11.0 Å². The van der Waals surface area contributed by atoms with Crippen molar-refractivity contribution in [1.29, 1.82) is 0 Å². The van der Waals surface area contributed by atoms with Gasteiger partial charge in [-0.25, -0.2) is 0 Å². The van der Waals surface area contributed by atoms with Crippen LogP contribution in [0.25, 0.3) is 11.0 Å². The van der Waals surface area contributed by atoms with Crippen LogP contribution in [-0.4, -0.2) is 13.2 Å². The molecule has 2 aromatic carbocycles. The quantitative estimate of drug-likeness (QED) is 0.795. The molecule has 4 rings (SSSR count). The molecule has 1 aliphatic rings. The summed E-state index contributed by atoms with van der Waals surface area (Å²) < 4.78 is 11.5. The molecule has 0 unspecified atom stereocenters. The van der Waals surface area contributed by atoms with E-state index in [9.17, 15) is 0 Å². The fraction of sp³-hybridized carbons (Fsp3) is 0.263. The standard InChI is InChI=1S/C19H19NO2/c1-21-13-7-8-17-15(10-13)19(14-11-16(14)20)18(22-17)9-12-5-3-2-4-6-12/h2-8,10,14,16H,9,11,20H2,1H3/t14-,16-/m1/s1. The second-order valence-corrected chi connectivity index (χ2v) is 5.97. The molecule has 0 spiro atoms. The van der Waals surface area contributed by atoms with Crippen LogP contribution in [-0.2, 0) is 6.42 Å². The van der Waals surface area contributed by atoms with Gasteiger partial charge >= 0.3 is 0 Å². The lowest BCUT2D eigenvalue weighted by Gasteiger charge is -2.03. The van der Waals surface area contributed by atoms with Gasteiger partial charge < -0.3 is 14.9 Å². The van der Waals surface area contributed by atoms with Crippen LogP contribution in [0.1, 0.15) is 29.2 Å². The molecule has 1 aromatic heterocycles. The van der Waals surface area contributed by atoms with Crippen molar-refractivity contribution in [2.75, 3.05) is 7.11 Å². The van der Waals surface area contributed by atoms with Crippen LogP contribution in [0.5, 0.6) is 5.75 Å². The smallest absolute Gasteiger partial charge is 0.134 e. The van der Waals surface area contributed by atoms with Crippen molar-refractivity contribution in [2.45, 2.75) is 24.8 Å². The maximum absolute atomic E-state index is 6.14. The number of fused-ring (bicyclic) bond motifs is 1. The molecule has 3 heteroatoms. The van der Waals surface area contributed by atoms with E-state index in [1.54, 1.807) is 7.11 Å². The highest BCUT2D eigenvalue weighted by atomic mass is 16.5. The van der Waals surface area contributed by atoms with Crippen LogP contribution in [0.15, 0.2) is 52.9 Å². The first-order valence-electron chi connectivity index (χ1n) is 7.65. The van der Waals surface area contributed by atoms with Crippen LogP contribution < -0.4 is 10.5 Å². The van der Waals surface area contributed by atoms with Gasteiger partial charge in [-0.15, -0.1) is 0 Å². The molecular formula is C19H19NO2. The van der Waals surface area contributed by atoms with Gasteiger partial charge in [-0.1, -0.05) is 30.3 Å². The highest BCUT2D eigenvalue weighted by Crippen LogP contribution is 2.46. The Morgan fingerprint density at radius 1 is 1.18 bits per heavy atom. The maximum atomic E-state index is 6.14. The van der Waals surface area contributed by atoms with E-state index in [0.717, 1.165) is 35.3 Å². The minimum absolute atomic E-state index is 0.251. The first kappa shape index (κ1) is 13.4. The summed E-state index contributed by atoms with van der Waals surface area (Å²) in [6.45, 7) is 0. The molecule has 3 nitrogen and oxygen atoms in total. The Bertz CT molecular complexity index is 807. The summed E-state index contributed by atoms with van der Waals surface area (Å²) >= 11 is 0. The van der Waals surface area contributed by atoms with Crippen molar-refractivity contribution in [3.63, 3.8) is 0 Å². The number of nitrogens with two attached hydrogens (primary N) is 1. The summed E-state index contributed by atoms with van der Waals surface area (Å²) in [5, 5.41) is 1.14. The molecule has 3 aromatic rings. The largest absolute Gasteiger partial charge is 0.497 e. The number of rotatable bonds is 4. The van der Waals surface area contributed by atoms with Crippen LogP contribution in [0.3, 0.4) is 0 Å². The van der Waals surface area contributed by atoms with Gasteiger partial charge in [0.15, 0.2) is 0 Å². The van der Waals surface area contributed by atoms with E-state index in [0.29, 0.717) is 5.92 Å². The van der Waals surface area contributed by atoms with Crippen LogP contribution in [0.2, 0.25) is 0 Å². The fourth-order valence-corrected chi connectivity index (χ4v) is 3.14. The summed E-state index contributed by atoms with van der Waals surface area (Å²) in [4.78, 5) is 0. The van der Waals surface area contributed by atoms with E-state index in [4.69, 9.17) is 14.9 Å². The number of furan rings is 1. The zero-order chi connectivity index (χ0) is 15.1. The molecular weight excluding hydrogens is 274 g/mol. The van der Waals surface area contributed by atoms with Crippen molar-refractivity contribution in [3.8, 4) is 5.75 Å². The number of benzene rings is 2. The SMILES string of the molecule is COc1ccc2oc(Cc3ccccc3)c([C@@H]3C[C@H]3N)c2c1. The van der Waals surface area contributed by atoms with E-state index in [-0.39, 0.29) is 6.04 Å². The van der Waals surface area contributed by atoms with Crippen molar-refractivity contribution in [3.05, 3.63) is 65.4 Å². The Balaban J connectivity index is 1.83. The van der Waals surface area contributed by atoms with Crippen LogP contribution in [0.4, 0.5) is 0 Å². The highest BCUT2D eigenvalue weighted by molar-refractivity contribution is 5.85. The Labute approximate surface area is 129 Å². The average molecular weight is 293 g/mol. The lowest BCUT2D eigenvalue weighted by atomic mass is 10.0. The zero-order valence-electron chi connectivity index (χ0n) is 12.6. The predicted molar refractivity (Wildman–Crippen MR) is 87.3 cm³/mol. The topological polar surface area (TPSA) is 48.4 Å². The van der Waals surface area contributed by atoms with Crippen LogP contribution in [0, 0.1) is 0 Å². The summed E-state index contributed by atoms with van der Waals surface area (Å²) in [6, 6.07) is 16.6. The lowest BCUT2D eigenvalue weighted by molar-refractivity contribution is 0.415. The maximum Gasteiger partial charge on any atom is 0.134 e. The molecule has 0 saturated heterocycles. The molecule has 2 N–H and O–H groups in total. The summed E-state index contributed by atoms with van der Waals surface area (Å²) in [5.41, 5.74) is 9.55. The van der Waals surface area contributed by atoms with E-state index in [2.05, 4.69) is 30.3 Å². The highest BCUT2D eigenvalue weighted by Gasteiger charge is 2.39. The summed E-state index contributed by atoms with van der Waals surface area (Å²) in [5.74, 6) is 2.30. The third-order valence-corrected chi connectivity index (χ3v) is 4.43. The van der Waals surface area contributed by atoms with Gasteiger partial charge in [-0.3, -0.25) is 0 Å². The zero-order valence-corrected chi connectivity index (χ0v) is 12.6. The van der Waals surface area contributed by atoms with Gasteiger partial charge in [0.2, 0.25) is 0 Å². The molecule has 1 heterocycles. The van der Waals surface area contributed by atoms with E-state index < -0.39 is 0 Å². The monoisotopic (exact) mass is 293 g/mol. The van der Waals surface area contributed by atoms with Crippen molar-refractivity contribution in [1.82, 2.24) is 0 Å². The summed E-state index contributed by atoms with van der Waals surface area (Å²) in [6.07, 6.45) is 1.84. The van der Waals surface area contributed by atoms with Gasteiger partial charge in [0.1, 0.15) is 17.1 Å². The fourth-order valence-electron chi connectivity index (χ4n) is 3.14. The third-order valence-electron chi connectivity index (χ3n) is 4.43. The van der Waals surface area contributed by atoms with E-state index >= 15 is 0 Å². The van der Waals surface area contributed by atoms with Gasteiger partial charge in [0.05, 0.1) is 7.11 Å². The number of methoxy groups -OCH3 is 1. The molecule has 2 atom stereocenters. The minimum atomic E-state index is 0.251. The number of hydrogen-bond donors (Lipinski definition) is 1. The molecule has 112 valence electrons. The average Bonchev–Trinajstić information content (AvgIpc) is 3.15. The normalized spacial score (nSPS) is 20.3. The molecule has 22 heavy (non-hydrogen) atoms. The Kier molecular flexibility index (Phi) is 3.16. The second-order valence-electron chi connectivity index (χ2n) is 5.97. The Morgan fingerprint density at radius 2 is 1.95 bits per heavy atom. The molecule has 1 saturated carbocycles. The van der Waals surface area contributed by atoms with Gasteiger partial charge in [-0.05, 0) is 30.2 Å². The molecule has 0 amide bonds. The Morgan fingerprint density at radius 3 is 2.64 bits per heavy atom. The second kappa shape index (κ2) is 5.18. The number of hydrogen-bond acceptors (Lipinski definition) is 3. The van der Waals surface area contributed by atoms with E-state index in [1.165, 1.54) is 11.1 Å². The molecule has 0 radical (unpaired) electrons. The lowest BCUT2D eigenvalue weighted by Crippen LogP contribution is -2.02. The first-order valence-corrected chi connectivity index (χ1v) is 7.65.